The van der Waals surface area contributed by atoms with Crippen LogP contribution >= 0.6 is 11.8 Å². The molecule has 0 aliphatic carbocycles. The Kier molecular flexibility index (Phi) is 5.86. The van der Waals surface area contributed by atoms with Crippen LogP contribution in [0, 0.1) is 11.3 Å². The maximum atomic E-state index is 12.1. The number of hydrogen-bond donors (Lipinski definition) is 2. The summed E-state index contributed by atoms with van der Waals surface area (Å²) in [5.74, 6) is 0.472. The maximum absolute atomic E-state index is 12.1. The van der Waals surface area contributed by atoms with Gasteiger partial charge in [0, 0.05) is 5.75 Å². The van der Waals surface area contributed by atoms with Gasteiger partial charge in [-0.3, -0.25) is 0 Å². The molecule has 0 saturated heterocycles. The SMILES string of the molecule is CC(C)(C)OC(=O)NC(Cc1cccc(C#N)c1)C1=NC(O)CS1. The van der Waals surface area contributed by atoms with E-state index in [2.05, 4.69) is 16.4 Å². The highest BCUT2D eigenvalue weighted by molar-refractivity contribution is 8.14. The lowest BCUT2D eigenvalue weighted by atomic mass is 10.0. The third-order valence-electron chi connectivity index (χ3n) is 3.14. The Labute approximate surface area is 145 Å². The standard InChI is InChI=1S/C17H21N3O3S/c1-17(2,3)23-16(22)19-13(15-20-14(21)10-24-15)8-11-5-4-6-12(7-11)9-18/h4-7,13-14,21H,8,10H2,1-3H3,(H,19,22). The van der Waals surface area contributed by atoms with Crippen molar-refractivity contribution >= 4 is 22.9 Å². The Bertz CT molecular complexity index is 676. The fraction of sp³-hybridized carbons (Fsp3) is 0.471. The number of carbonyl (C=O) groups excluding carboxylic acids is 1. The van der Waals surface area contributed by atoms with Crippen LogP contribution < -0.4 is 5.32 Å². The Morgan fingerprint density at radius 3 is 2.92 bits per heavy atom. The van der Waals surface area contributed by atoms with E-state index in [1.165, 1.54) is 11.8 Å². The van der Waals surface area contributed by atoms with Gasteiger partial charge < -0.3 is 15.2 Å². The second-order valence-corrected chi connectivity index (χ2v) is 7.51. The van der Waals surface area contributed by atoms with Crippen LogP contribution in [0.25, 0.3) is 0 Å². The van der Waals surface area contributed by atoms with Crippen molar-refractivity contribution in [2.45, 2.75) is 45.1 Å². The van der Waals surface area contributed by atoms with Gasteiger partial charge in [0.1, 0.15) is 5.60 Å². The van der Waals surface area contributed by atoms with E-state index in [9.17, 15) is 9.90 Å². The first-order valence-electron chi connectivity index (χ1n) is 7.64. The van der Waals surface area contributed by atoms with Gasteiger partial charge in [0.05, 0.1) is 22.7 Å². The monoisotopic (exact) mass is 347 g/mol. The third kappa shape index (κ3) is 5.55. The molecule has 6 nitrogen and oxygen atoms in total. The van der Waals surface area contributed by atoms with Gasteiger partial charge in [0.25, 0.3) is 0 Å². The normalized spacial score (nSPS) is 18.5. The quantitative estimate of drug-likeness (QED) is 0.872. The third-order valence-corrected chi connectivity index (χ3v) is 4.29. The van der Waals surface area contributed by atoms with E-state index in [0.717, 1.165) is 5.56 Å². The summed E-state index contributed by atoms with van der Waals surface area (Å²) in [7, 11) is 0. The number of nitriles is 1. The predicted molar refractivity (Wildman–Crippen MR) is 93.9 cm³/mol. The summed E-state index contributed by atoms with van der Waals surface area (Å²) in [6, 6.07) is 8.89. The molecule has 0 bridgehead atoms. The van der Waals surface area contributed by atoms with Crippen molar-refractivity contribution in [1.82, 2.24) is 5.32 Å². The minimum Gasteiger partial charge on any atom is -0.444 e. The Morgan fingerprint density at radius 1 is 1.58 bits per heavy atom. The fourth-order valence-electron chi connectivity index (χ4n) is 2.23. The summed E-state index contributed by atoms with van der Waals surface area (Å²) in [6.45, 7) is 5.39. The molecule has 0 aromatic heterocycles. The number of aliphatic hydroxyl groups is 1. The number of aliphatic imine (C=N–C) groups is 1. The molecule has 2 N–H and O–H groups in total. The van der Waals surface area contributed by atoms with E-state index in [4.69, 9.17) is 10.00 Å². The van der Waals surface area contributed by atoms with Crippen molar-refractivity contribution < 1.29 is 14.6 Å². The average molecular weight is 347 g/mol. The number of aliphatic hydroxyl groups excluding tert-OH is 1. The van der Waals surface area contributed by atoms with Gasteiger partial charge in [0.2, 0.25) is 0 Å². The van der Waals surface area contributed by atoms with Crippen molar-refractivity contribution in [2.75, 3.05) is 5.75 Å². The van der Waals surface area contributed by atoms with Crippen LogP contribution in [0.4, 0.5) is 4.79 Å². The van der Waals surface area contributed by atoms with Crippen molar-refractivity contribution in [1.29, 1.82) is 5.26 Å². The smallest absolute Gasteiger partial charge is 0.408 e. The number of carbonyl (C=O) groups is 1. The zero-order chi connectivity index (χ0) is 17.7. The number of nitrogens with one attached hydrogen (secondary N) is 1. The van der Waals surface area contributed by atoms with Crippen LogP contribution in [0.2, 0.25) is 0 Å². The molecule has 1 aliphatic rings. The first-order chi connectivity index (χ1) is 11.3. The van der Waals surface area contributed by atoms with Crippen LogP contribution in [0.3, 0.4) is 0 Å². The number of hydrogen-bond acceptors (Lipinski definition) is 6. The van der Waals surface area contributed by atoms with Crippen LogP contribution in [-0.4, -0.2) is 39.9 Å². The number of nitrogens with zero attached hydrogens (tertiary/aromatic N) is 2. The van der Waals surface area contributed by atoms with Gasteiger partial charge in [0.15, 0.2) is 6.23 Å². The van der Waals surface area contributed by atoms with Crippen LogP contribution in [0.5, 0.6) is 0 Å². The first kappa shape index (κ1) is 18.3. The molecule has 1 amide bonds. The molecule has 0 fully saturated rings. The molecular weight excluding hydrogens is 326 g/mol. The zero-order valence-electron chi connectivity index (χ0n) is 13.9. The number of benzene rings is 1. The largest absolute Gasteiger partial charge is 0.444 e. The topological polar surface area (TPSA) is 94.7 Å². The van der Waals surface area contributed by atoms with Crippen molar-refractivity contribution in [3.8, 4) is 6.07 Å². The van der Waals surface area contributed by atoms with E-state index in [1.807, 2.05) is 6.07 Å². The number of thioether (sulfide) groups is 1. The molecule has 128 valence electrons. The number of ether oxygens (including phenoxy) is 1. The Morgan fingerprint density at radius 2 is 2.33 bits per heavy atom. The molecule has 2 rings (SSSR count). The fourth-order valence-corrected chi connectivity index (χ4v) is 3.16. The summed E-state index contributed by atoms with van der Waals surface area (Å²) < 4.78 is 5.31. The van der Waals surface area contributed by atoms with Gasteiger partial charge in [-0.2, -0.15) is 5.26 Å². The molecule has 0 radical (unpaired) electrons. The van der Waals surface area contributed by atoms with Crippen LogP contribution in [-0.2, 0) is 11.2 Å². The average Bonchev–Trinajstić information content (AvgIpc) is 2.91. The molecule has 1 aliphatic heterocycles. The predicted octanol–water partition coefficient (Wildman–Crippen LogP) is 2.46. The van der Waals surface area contributed by atoms with Crippen molar-refractivity contribution in [2.24, 2.45) is 4.99 Å². The molecule has 24 heavy (non-hydrogen) atoms. The lowest BCUT2D eigenvalue weighted by Crippen LogP contribution is -2.43. The highest BCUT2D eigenvalue weighted by atomic mass is 32.2. The van der Waals surface area contributed by atoms with E-state index in [-0.39, 0.29) is 0 Å². The van der Waals surface area contributed by atoms with Gasteiger partial charge in [-0.05, 0) is 44.9 Å². The molecule has 2 unspecified atom stereocenters. The van der Waals surface area contributed by atoms with E-state index >= 15 is 0 Å². The van der Waals surface area contributed by atoms with Crippen molar-refractivity contribution in [3.05, 3.63) is 35.4 Å². The molecule has 0 spiro atoms. The molecule has 1 aromatic rings. The Balaban J connectivity index is 2.15. The van der Waals surface area contributed by atoms with E-state index in [0.29, 0.717) is 22.8 Å². The van der Waals surface area contributed by atoms with Crippen LogP contribution in [0.1, 0.15) is 31.9 Å². The molecule has 1 aromatic carbocycles. The summed E-state index contributed by atoms with van der Waals surface area (Å²) in [5.41, 5.74) is 0.865. The van der Waals surface area contributed by atoms with Gasteiger partial charge in [-0.15, -0.1) is 11.8 Å². The molecule has 7 heteroatoms. The van der Waals surface area contributed by atoms with Crippen LogP contribution in [0.15, 0.2) is 29.3 Å². The van der Waals surface area contributed by atoms with Crippen molar-refractivity contribution in [3.63, 3.8) is 0 Å². The minimum atomic E-state index is -0.752. The summed E-state index contributed by atoms with van der Waals surface area (Å²) >= 11 is 1.41. The van der Waals surface area contributed by atoms with Gasteiger partial charge in [-0.25, -0.2) is 9.79 Å². The summed E-state index contributed by atoms with van der Waals surface area (Å²) in [5, 5.41) is 22.1. The number of alkyl carbamates (subject to hydrolysis) is 1. The highest BCUT2D eigenvalue weighted by Crippen LogP contribution is 2.22. The number of amides is 1. The van der Waals surface area contributed by atoms with E-state index < -0.39 is 24.0 Å². The molecule has 1 heterocycles. The highest BCUT2D eigenvalue weighted by Gasteiger charge is 2.27. The Hall–Kier alpha value is -2.04. The summed E-state index contributed by atoms with van der Waals surface area (Å²) in [4.78, 5) is 16.3. The van der Waals surface area contributed by atoms with Gasteiger partial charge >= 0.3 is 6.09 Å². The zero-order valence-corrected chi connectivity index (χ0v) is 14.8. The number of rotatable bonds is 4. The van der Waals surface area contributed by atoms with Gasteiger partial charge in [-0.1, -0.05) is 12.1 Å². The lowest BCUT2D eigenvalue weighted by molar-refractivity contribution is 0.0518. The first-order valence-corrected chi connectivity index (χ1v) is 8.62. The summed E-state index contributed by atoms with van der Waals surface area (Å²) in [6.07, 6.45) is -0.820. The lowest BCUT2D eigenvalue weighted by Gasteiger charge is -2.23. The van der Waals surface area contributed by atoms with E-state index in [1.54, 1.807) is 39.0 Å². The molecule has 0 saturated carbocycles. The molecular formula is C17H21N3O3S. The second kappa shape index (κ2) is 7.69. The maximum Gasteiger partial charge on any atom is 0.408 e. The molecule has 2 atom stereocenters. The second-order valence-electron chi connectivity index (χ2n) is 6.47. The minimum absolute atomic E-state index is 0.407.